The van der Waals surface area contributed by atoms with Crippen LogP contribution in [0.1, 0.15) is 50.3 Å². The molecule has 0 unspecified atom stereocenters. The zero-order valence-corrected chi connectivity index (χ0v) is 21.4. The van der Waals surface area contributed by atoms with Crippen LogP contribution in [0.15, 0.2) is 18.3 Å². The van der Waals surface area contributed by atoms with Crippen molar-refractivity contribution in [2.24, 2.45) is 0 Å². The fraction of sp³-hybridized carbons (Fsp3) is 0.480. The molecule has 1 aliphatic heterocycles. The molecule has 3 N–H and O–H groups in total. The number of benzene rings is 1. The minimum absolute atomic E-state index is 0.0700. The fourth-order valence-corrected chi connectivity index (χ4v) is 4.99. The number of carbonyl (C=O) groups excluding carboxylic acids is 2. The molecule has 8 nitrogen and oxygen atoms in total. The lowest BCUT2D eigenvalue weighted by Crippen LogP contribution is -2.37. The first-order chi connectivity index (χ1) is 16.9. The molecule has 3 aromatic rings. The van der Waals surface area contributed by atoms with Crippen LogP contribution in [0.4, 0.5) is 0 Å². The second kappa shape index (κ2) is 11.5. The van der Waals surface area contributed by atoms with Gasteiger partial charge in [0.15, 0.2) is 0 Å². The van der Waals surface area contributed by atoms with Crippen LogP contribution in [0.5, 0.6) is 0 Å². The molecule has 0 fully saturated rings. The van der Waals surface area contributed by atoms with E-state index < -0.39 is 6.61 Å². The summed E-state index contributed by atoms with van der Waals surface area (Å²) in [5.74, 6) is -0.232. The van der Waals surface area contributed by atoms with Gasteiger partial charge in [-0.2, -0.15) is 5.10 Å². The smallest absolute Gasteiger partial charge is 0.248 e. The van der Waals surface area contributed by atoms with Gasteiger partial charge in [0.05, 0.1) is 27.8 Å². The molecule has 188 valence electrons. The Bertz CT molecular complexity index is 1220. The quantitative estimate of drug-likeness (QED) is 0.347. The Morgan fingerprint density at radius 3 is 2.86 bits per heavy atom. The van der Waals surface area contributed by atoms with Gasteiger partial charge >= 0.3 is 0 Å². The van der Waals surface area contributed by atoms with Crippen molar-refractivity contribution in [2.75, 3.05) is 19.7 Å². The zero-order chi connectivity index (χ0) is 24.9. The van der Waals surface area contributed by atoms with Crippen LogP contribution in [0.3, 0.4) is 0 Å². The number of H-pyrrole nitrogens is 1. The van der Waals surface area contributed by atoms with Crippen molar-refractivity contribution >= 4 is 45.9 Å². The van der Waals surface area contributed by atoms with Crippen LogP contribution in [0.25, 0.3) is 22.2 Å². The van der Waals surface area contributed by atoms with E-state index in [0.29, 0.717) is 49.1 Å². The first-order valence-corrected chi connectivity index (χ1v) is 12.9. The molecule has 0 bridgehead atoms. The summed E-state index contributed by atoms with van der Waals surface area (Å²) >= 11 is 13.0. The summed E-state index contributed by atoms with van der Waals surface area (Å²) in [6, 6.07) is 3.71. The monoisotopic (exact) mass is 519 g/mol. The molecule has 35 heavy (non-hydrogen) atoms. The molecule has 0 saturated carbocycles. The Kier molecular flexibility index (Phi) is 8.36. The van der Waals surface area contributed by atoms with Crippen LogP contribution in [0.2, 0.25) is 10.0 Å². The maximum Gasteiger partial charge on any atom is 0.248 e. The number of fused-ring (bicyclic) bond motifs is 3. The molecule has 0 aliphatic carbocycles. The normalized spacial score (nSPS) is 13.3. The third kappa shape index (κ3) is 5.66. The summed E-state index contributed by atoms with van der Waals surface area (Å²) in [6.45, 7) is 3.59. The number of hydrogen-bond donors (Lipinski definition) is 3. The predicted molar refractivity (Wildman–Crippen MR) is 138 cm³/mol. The molecule has 1 aliphatic rings. The molecule has 4 rings (SSSR count). The van der Waals surface area contributed by atoms with E-state index in [1.54, 1.807) is 15.6 Å². The number of rotatable bonds is 10. The molecule has 10 heteroatoms. The molecule has 0 spiro atoms. The molecule has 0 saturated heterocycles. The van der Waals surface area contributed by atoms with Crippen LogP contribution in [0, 0.1) is 0 Å². The number of halogens is 2. The second-order valence-electron chi connectivity index (χ2n) is 8.90. The van der Waals surface area contributed by atoms with E-state index >= 15 is 0 Å². The average Bonchev–Trinajstić information content (AvgIpc) is 3.48. The number of aromatic nitrogens is 3. The van der Waals surface area contributed by atoms with Gasteiger partial charge in [0.1, 0.15) is 6.61 Å². The minimum atomic E-state index is -0.517. The number of aliphatic hydroxyl groups is 1. The van der Waals surface area contributed by atoms with Crippen molar-refractivity contribution < 1.29 is 14.7 Å². The standard InChI is InChI=1S/C25H31Cl2N5O3/c1-2-3-4-5-6-21(34)28-9-12-32-11-8-20(30-32)16-13-18(26)24(27)25-23(16)17-14-31(22(35)15-33)10-7-19(17)29-25/h8,11,13,29,33H,2-7,9-10,12,14-15H2,1H3,(H,28,34). The topological polar surface area (TPSA) is 103 Å². The number of amides is 2. The summed E-state index contributed by atoms with van der Waals surface area (Å²) in [7, 11) is 0. The Morgan fingerprint density at radius 2 is 2.09 bits per heavy atom. The highest BCUT2D eigenvalue weighted by atomic mass is 35.5. The number of carbonyl (C=O) groups is 2. The summed E-state index contributed by atoms with van der Waals surface area (Å²) in [5.41, 5.74) is 4.25. The van der Waals surface area contributed by atoms with Gasteiger partial charge in [-0.15, -0.1) is 0 Å². The highest BCUT2D eigenvalue weighted by Crippen LogP contribution is 2.41. The first kappa shape index (κ1) is 25.5. The Labute approximate surface area is 214 Å². The molecule has 0 radical (unpaired) electrons. The molecular formula is C25H31Cl2N5O3. The first-order valence-electron chi connectivity index (χ1n) is 12.1. The summed E-state index contributed by atoms with van der Waals surface area (Å²) in [5, 5.41) is 18.7. The number of aliphatic hydroxyl groups excluding tert-OH is 1. The molecule has 0 atom stereocenters. The van der Waals surface area contributed by atoms with Crippen LogP contribution >= 0.6 is 23.2 Å². The summed E-state index contributed by atoms with van der Waals surface area (Å²) in [4.78, 5) is 29.2. The van der Waals surface area contributed by atoms with Gasteiger partial charge in [0.25, 0.3) is 0 Å². The van der Waals surface area contributed by atoms with Gasteiger partial charge in [0.2, 0.25) is 11.8 Å². The van der Waals surface area contributed by atoms with E-state index in [4.69, 9.17) is 28.3 Å². The number of nitrogens with zero attached hydrogens (tertiary/aromatic N) is 3. The minimum Gasteiger partial charge on any atom is -0.387 e. The van der Waals surface area contributed by atoms with Crippen molar-refractivity contribution in [3.05, 3.63) is 39.6 Å². The number of aromatic amines is 1. The maximum absolute atomic E-state index is 12.1. The highest BCUT2D eigenvalue weighted by Gasteiger charge is 2.27. The van der Waals surface area contributed by atoms with Crippen LogP contribution in [-0.4, -0.2) is 56.3 Å². The van der Waals surface area contributed by atoms with E-state index in [-0.39, 0.29) is 11.8 Å². The van der Waals surface area contributed by atoms with E-state index in [1.807, 2.05) is 12.3 Å². The summed E-state index contributed by atoms with van der Waals surface area (Å²) < 4.78 is 1.79. The predicted octanol–water partition coefficient (Wildman–Crippen LogP) is 4.30. The Morgan fingerprint density at radius 1 is 1.26 bits per heavy atom. The molecule has 3 heterocycles. The Hall–Kier alpha value is -2.55. The summed E-state index contributed by atoms with van der Waals surface area (Å²) in [6.07, 6.45) is 7.37. The van der Waals surface area contributed by atoms with Crippen molar-refractivity contribution in [3.8, 4) is 11.3 Å². The van der Waals surface area contributed by atoms with E-state index in [2.05, 4.69) is 17.2 Å². The van der Waals surface area contributed by atoms with Crippen LogP contribution < -0.4 is 5.32 Å². The molecular weight excluding hydrogens is 489 g/mol. The number of hydrogen-bond acceptors (Lipinski definition) is 4. The van der Waals surface area contributed by atoms with Gasteiger partial charge in [-0.3, -0.25) is 14.3 Å². The molecule has 1 aromatic carbocycles. The van der Waals surface area contributed by atoms with E-state index in [9.17, 15) is 14.7 Å². The Balaban J connectivity index is 1.53. The van der Waals surface area contributed by atoms with Crippen molar-refractivity contribution in [1.29, 1.82) is 0 Å². The number of nitrogens with one attached hydrogen (secondary N) is 2. The largest absolute Gasteiger partial charge is 0.387 e. The highest BCUT2D eigenvalue weighted by molar-refractivity contribution is 6.45. The van der Waals surface area contributed by atoms with Crippen molar-refractivity contribution in [2.45, 2.75) is 58.5 Å². The lowest BCUT2D eigenvalue weighted by molar-refractivity contribution is -0.135. The third-order valence-corrected chi connectivity index (χ3v) is 7.25. The molecule has 2 amide bonds. The van der Waals surface area contributed by atoms with E-state index in [1.165, 1.54) is 0 Å². The fourth-order valence-electron chi connectivity index (χ4n) is 4.59. The third-order valence-electron chi connectivity index (χ3n) is 6.47. The lowest BCUT2D eigenvalue weighted by Gasteiger charge is -2.26. The zero-order valence-electron chi connectivity index (χ0n) is 19.9. The lowest BCUT2D eigenvalue weighted by atomic mass is 9.99. The second-order valence-corrected chi connectivity index (χ2v) is 9.69. The number of unbranched alkanes of at least 4 members (excludes halogenated alkanes) is 3. The van der Waals surface area contributed by atoms with Crippen molar-refractivity contribution in [3.63, 3.8) is 0 Å². The van der Waals surface area contributed by atoms with Gasteiger partial charge in [-0.05, 0) is 18.6 Å². The molecule has 2 aromatic heterocycles. The van der Waals surface area contributed by atoms with Crippen molar-refractivity contribution in [1.82, 2.24) is 25.0 Å². The van der Waals surface area contributed by atoms with Crippen LogP contribution in [-0.2, 0) is 29.1 Å². The van der Waals surface area contributed by atoms with Gasteiger partial charge in [0, 0.05) is 60.9 Å². The van der Waals surface area contributed by atoms with E-state index in [0.717, 1.165) is 59.1 Å². The van der Waals surface area contributed by atoms with Gasteiger partial charge in [-0.25, -0.2) is 0 Å². The maximum atomic E-state index is 12.1. The SMILES string of the molecule is CCCCCCC(=O)NCCn1ccc(-c2cc(Cl)c(Cl)c3[nH]c4c(c23)CN(C(=O)CO)CC4)n1. The van der Waals surface area contributed by atoms with Gasteiger partial charge < -0.3 is 20.3 Å². The van der Waals surface area contributed by atoms with Gasteiger partial charge in [-0.1, -0.05) is 49.4 Å². The average molecular weight is 520 g/mol.